The SMILES string of the molecule is CC(CCN[C@H]1CC=CCC1c1ccc(/C=C/c2ccccc2)cc1)P(=O)(O)O. The van der Waals surface area contributed by atoms with E-state index in [2.05, 4.69) is 66.0 Å². The van der Waals surface area contributed by atoms with E-state index in [1.165, 1.54) is 16.7 Å². The summed E-state index contributed by atoms with van der Waals surface area (Å²) < 4.78 is 11.3. The molecular formula is C24H30NO3P. The van der Waals surface area contributed by atoms with Gasteiger partial charge in [-0.2, -0.15) is 0 Å². The number of rotatable bonds is 8. The molecule has 0 bridgehead atoms. The maximum Gasteiger partial charge on any atom is 0.328 e. The summed E-state index contributed by atoms with van der Waals surface area (Å²) in [6.45, 7) is 2.22. The van der Waals surface area contributed by atoms with E-state index in [0.717, 1.165) is 12.8 Å². The minimum Gasteiger partial charge on any atom is -0.324 e. The van der Waals surface area contributed by atoms with Crippen molar-refractivity contribution in [3.05, 3.63) is 83.4 Å². The Labute approximate surface area is 173 Å². The van der Waals surface area contributed by atoms with Crippen LogP contribution in [-0.2, 0) is 4.57 Å². The first-order chi connectivity index (χ1) is 13.9. The van der Waals surface area contributed by atoms with Crippen molar-refractivity contribution in [1.82, 2.24) is 5.32 Å². The van der Waals surface area contributed by atoms with Crippen LogP contribution >= 0.6 is 7.60 Å². The Morgan fingerprint density at radius 1 is 1.00 bits per heavy atom. The Morgan fingerprint density at radius 2 is 1.62 bits per heavy atom. The van der Waals surface area contributed by atoms with Crippen LogP contribution < -0.4 is 5.32 Å². The van der Waals surface area contributed by atoms with Gasteiger partial charge in [0.05, 0.1) is 5.66 Å². The molecule has 0 radical (unpaired) electrons. The predicted octanol–water partition coefficient (Wildman–Crippen LogP) is 5.21. The first kappa shape index (κ1) is 21.7. The number of nitrogens with one attached hydrogen (secondary N) is 1. The van der Waals surface area contributed by atoms with E-state index in [0.29, 0.717) is 18.9 Å². The molecule has 0 spiro atoms. The van der Waals surface area contributed by atoms with Crippen LogP contribution in [0.4, 0.5) is 0 Å². The van der Waals surface area contributed by atoms with Crippen molar-refractivity contribution in [1.29, 1.82) is 0 Å². The summed E-state index contributed by atoms with van der Waals surface area (Å²) in [5.41, 5.74) is 3.04. The van der Waals surface area contributed by atoms with E-state index in [1.54, 1.807) is 6.92 Å². The Kier molecular flexibility index (Phi) is 7.63. The zero-order chi connectivity index (χ0) is 20.7. The van der Waals surface area contributed by atoms with E-state index in [1.807, 2.05) is 18.2 Å². The Balaban J connectivity index is 1.61. The van der Waals surface area contributed by atoms with E-state index < -0.39 is 13.3 Å². The largest absolute Gasteiger partial charge is 0.328 e. The predicted molar refractivity (Wildman–Crippen MR) is 121 cm³/mol. The molecule has 2 aromatic carbocycles. The van der Waals surface area contributed by atoms with Gasteiger partial charge in [0.1, 0.15) is 0 Å². The lowest BCUT2D eigenvalue weighted by molar-refractivity contribution is 0.352. The molecule has 0 amide bonds. The summed E-state index contributed by atoms with van der Waals surface area (Å²) in [4.78, 5) is 18.5. The standard InChI is InChI=1S/C24H30NO3P/c1-19(29(26,27)28)17-18-25-24-10-6-5-9-23(24)22-15-13-21(14-16-22)12-11-20-7-3-2-4-8-20/h2-8,11-16,19,23-25H,9-10,17-18H2,1H3,(H2,26,27,28)/b12-11+/t19?,23?,24-/m0/s1. The molecule has 3 N–H and O–H groups in total. The van der Waals surface area contributed by atoms with Crippen molar-refractivity contribution in [3.63, 3.8) is 0 Å². The molecule has 0 fully saturated rings. The molecular weight excluding hydrogens is 381 g/mol. The molecule has 4 nitrogen and oxygen atoms in total. The minimum atomic E-state index is -3.99. The fourth-order valence-electron chi connectivity index (χ4n) is 3.66. The molecule has 29 heavy (non-hydrogen) atoms. The summed E-state index contributed by atoms with van der Waals surface area (Å²) in [7, 11) is -3.99. The highest BCUT2D eigenvalue weighted by atomic mass is 31.2. The van der Waals surface area contributed by atoms with E-state index >= 15 is 0 Å². The average molecular weight is 411 g/mol. The highest BCUT2D eigenvalue weighted by Gasteiger charge is 2.26. The van der Waals surface area contributed by atoms with Crippen molar-refractivity contribution >= 4 is 19.7 Å². The van der Waals surface area contributed by atoms with Gasteiger partial charge in [-0.15, -0.1) is 0 Å². The van der Waals surface area contributed by atoms with Gasteiger partial charge in [-0.3, -0.25) is 4.57 Å². The average Bonchev–Trinajstić information content (AvgIpc) is 2.73. The first-order valence-corrected chi connectivity index (χ1v) is 11.9. The number of allylic oxidation sites excluding steroid dienone is 1. The summed E-state index contributed by atoms with van der Waals surface area (Å²) in [6.07, 6.45) is 11.0. The fraction of sp³-hybridized carbons (Fsp3) is 0.333. The maximum absolute atomic E-state index is 11.3. The van der Waals surface area contributed by atoms with Crippen molar-refractivity contribution in [2.24, 2.45) is 0 Å². The van der Waals surface area contributed by atoms with Crippen LogP contribution in [-0.4, -0.2) is 28.0 Å². The third kappa shape index (κ3) is 6.52. The molecule has 2 unspecified atom stereocenters. The Hall–Kier alpha value is -1.97. The van der Waals surface area contributed by atoms with E-state index in [4.69, 9.17) is 0 Å². The summed E-state index contributed by atoms with van der Waals surface area (Å²) in [5.74, 6) is 0.373. The van der Waals surface area contributed by atoms with Crippen molar-refractivity contribution in [3.8, 4) is 0 Å². The van der Waals surface area contributed by atoms with Gasteiger partial charge < -0.3 is 15.1 Å². The fourth-order valence-corrected chi connectivity index (χ4v) is 4.13. The molecule has 154 valence electrons. The molecule has 0 aromatic heterocycles. The van der Waals surface area contributed by atoms with Crippen LogP contribution in [0, 0.1) is 0 Å². The smallest absolute Gasteiger partial charge is 0.324 e. The van der Waals surface area contributed by atoms with Gasteiger partial charge in [-0.1, -0.05) is 85.8 Å². The normalized spacial score (nSPS) is 20.8. The molecule has 0 aliphatic heterocycles. The van der Waals surface area contributed by atoms with Crippen LogP contribution in [0.5, 0.6) is 0 Å². The molecule has 3 rings (SSSR count). The molecule has 3 atom stereocenters. The zero-order valence-corrected chi connectivity index (χ0v) is 17.7. The lowest BCUT2D eigenvalue weighted by Crippen LogP contribution is -2.37. The summed E-state index contributed by atoms with van der Waals surface area (Å²) in [5, 5.41) is 3.53. The number of benzene rings is 2. The lowest BCUT2D eigenvalue weighted by atomic mass is 9.83. The highest BCUT2D eigenvalue weighted by molar-refractivity contribution is 7.52. The lowest BCUT2D eigenvalue weighted by Gasteiger charge is -2.30. The third-order valence-electron chi connectivity index (χ3n) is 5.61. The Morgan fingerprint density at radius 3 is 2.28 bits per heavy atom. The second kappa shape index (κ2) is 10.2. The quantitative estimate of drug-likeness (QED) is 0.317. The highest BCUT2D eigenvalue weighted by Crippen LogP contribution is 2.42. The second-order valence-electron chi connectivity index (χ2n) is 7.75. The maximum atomic E-state index is 11.3. The Bertz CT molecular complexity index is 871. The second-order valence-corrected chi connectivity index (χ2v) is 9.81. The van der Waals surface area contributed by atoms with E-state index in [-0.39, 0.29) is 6.04 Å². The van der Waals surface area contributed by atoms with Gasteiger partial charge in [-0.05, 0) is 42.5 Å². The van der Waals surface area contributed by atoms with Crippen LogP contribution in [0.3, 0.4) is 0 Å². The van der Waals surface area contributed by atoms with Crippen LogP contribution in [0.25, 0.3) is 12.2 Å². The van der Waals surface area contributed by atoms with Gasteiger partial charge in [0.2, 0.25) is 0 Å². The van der Waals surface area contributed by atoms with E-state index in [9.17, 15) is 14.4 Å². The van der Waals surface area contributed by atoms with Crippen LogP contribution in [0.15, 0.2) is 66.7 Å². The molecule has 0 saturated heterocycles. The first-order valence-electron chi connectivity index (χ1n) is 10.2. The molecule has 0 heterocycles. The molecule has 2 aromatic rings. The molecule has 0 saturated carbocycles. The summed E-state index contributed by atoms with van der Waals surface area (Å²) in [6, 6.07) is 19.2. The van der Waals surface area contributed by atoms with Gasteiger partial charge in [0, 0.05) is 12.0 Å². The van der Waals surface area contributed by atoms with Crippen molar-refractivity contribution in [2.75, 3.05) is 6.54 Å². The van der Waals surface area contributed by atoms with Gasteiger partial charge >= 0.3 is 7.60 Å². The molecule has 5 heteroatoms. The minimum absolute atomic E-state index is 0.287. The van der Waals surface area contributed by atoms with Gasteiger partial charge in [0.15, 0.2) is 0 Å². The summed E-state index contributed by atoms with van der Waals surface area (Å²) >= 11 is 0. The third-order valence-corrected chi connectivity index (χ3v) is 7.01. The van der Waals surface area contributed by atoms with Crippen LogP contribution in [0.1, 0.15) is 48.8 Å². The molecule has 1 aliphatic carbocycles. The molecule has 1 aliphatic rings. The van der Waals surface area contributed by atoms with Gasteiger partial charge in [0.25, 0.3) is 0 Å². The number of hydrogen-bond donors (Lipinski definition) is 3. The van der Waals surface area contributed by atoms with Crippen molar-refractivity contribution in [2.45, 2.75) is 43.8 Å². The zero-order valence-electron chi connectivity index (χ0n) is 16.8. The van der Waals surface area contributed by atoms with Gasteiger partial charge in [-0.25, -0.2) is 0 Å². The topological polar surface area (TPSA) is 69.6 Å². The van der Waals surface area contributed by atoms with Crippen LogP contribution in [0.2, 0.25) is 0 Å². The monoisotopic (exact) mass is 411 g/mol. The number of hydrogen-bond acceptors (Lipinski definition) is 2. The van der Waals surface area contributed by atoms with Crippen molar-refractivity contribution < 1.29 is 14.4 Å².